The summed E-state index contributed by atoms with van der Waals surface area (Å²) >= 11 is 0. The largest absolute Gasteiger partial charge is 0.324 e. The summed E-state index contributed by atoms with van der Waals surface area (Å²) in [6.07, 6.45) is 5.27. The van der Waals surface area contributed by atoms with Gasteiger partial charge in [-0.25, -0.2) is 9.36 Å². The predicted octanol–water partition coefficient (Wildman–Crippen LogP) is 25.0. The zero-order valence-corrected chi connectivity index (χ0v) is 64.1. The van der Waals surface area contributed by atoms with Gasteiger partial charge in [-0.2, -0.15) is 20.4 Å². The van der Waals surface area contributed by atoms with Gasteiger partial charge >= 0.3 is 0 Å². The number of anilines is 3. The fourth-order valence-corrected chi connectivity index (χ4v) is 14.0. The number of nitrogens with zero attached hydrogens (tertiary/aromatic N) is 8. The summed E-state index contributed by atoms with van der Waals surface area (Å²) in [6.45, 7) is 0. The SMILES string of the molecule is NNc1ccccc1.O=C(/C=C/c1ccccc1)c1ccccc1.c1ccc(-c2cc(-c3ccccc3)n(-c3ccc(-c4ccc(-n5nc(-c6ccccc6)cc5-c5ccccc5)cc4)cc3)n2)cc1.c1ccc(C2=NN(c3ccccc3)C(c3ccccc3)C2)cc1.c1ccc(C2=NN(c3ccccc3)C(c3ccccc3)C2)cc1. The first-order chi connectivity index (χ1) is 57.4. The van der Waals surface area contributed by atoms with Crippen molar-refractivity contribution in [3.8, 4) is 67.5 Å². The van der Waals surface area contributed by atoms with Gasteiger partial charge in [0, 0.05) is 46.3 Å². The molecule has 17 aromatic rings. The van der Waals surface area contributed by atoms with E-state index < -0.39 is 0 Å². The molecule has 3 N–H and O–H groups in total. The lowest BCUT2D eigenvalue weighted by molar-refractivity contribution is 0.104. The van der Waals surface area contributed by atoms with E-state index in [0.717, 1.165) is 120 Å². The molecule has 0 radical (unpaired) electrons. The van der Waals surface area contributed by atoms with Crippen molar-refractivity contribution in [3.63, 3.8) is 0 Å². The number of nitrogen functional groups attached to an aromatic ring is 1. The van der Waals surface area contributed by atoms with E-state index in [2.05, 4.69) is 307 Å². The summed E-state index contributed by atoms with van der Waals surface area (Å²) in [5.41, 5.74) is 27.5. The van der Waals surface area contributed by atoms with E-state index in [0.29, 0.717) is 0 Å². The van der Waals surface area contributed by atoms with Gasteiger partial charge in [-0.15, -0.1) is 0 Å². The highest BCUT2D eigenvalue weighted by Gasteiger charge is 2.31. The topological polar surface area (TPSA) is 122 Å². The molecule has 11 heteroatoms. The van der Waals surface area contributed by atoms with Crippen LogP contribution in [0.25, 0.3) is 73.6 Å². The van der Waals surface area contributed by atoms with E-state index in [9.17, 15) is 4.79 Å². The van der Waals surface area contributed by atoms with Crippen LogP contribution in [0.2, 0.25) is 0 Å². The van der Waals surface area contributed by atoms with Crippen molar-refractivity contribution in [2.75, 3.05) is 15.4 Å². The molecule has 562 valence electrons. The van der Waals surface area contributed by atoms with Crippen LogP contribution in [0.5, 0.6) is 0 Å². The number of hydrazone groups is 2. The number of para-hydroxylation sites is 3. The Morgan fingerprint density at radius 3 is 0.931 bits per heavy atom. The Morgan fingerprint density at radius 1 is 0.302 bits per heavy atom. The molecule has 2 aromatic heterocycles. The van der Waals surface area contributed by atoms with Gasteiger partial charge in [-0.3, -0.25) is 20.7 Å². The van der Waals surface area contributed by atoms with E-state index in [1.165, 1.54) is 22.3 Å². The fraction of sp³-hybridized carbons (Fsp3) is 0.0381. The molecule has 2 aliphatic heterocycles. The van der Waals surface area contributed by atoms with Crippen molar-refractivity contribution in [1.29, 1.82) is 0 Å². The monoisotopic (exact) mass is 1500 g/mol. The third kappa shape index (κ3) is 19.6. The molecule has 19 rings (SSSR count). The Balaban J connectivity index is 0.000000127. The first-order valence-electron chi connectivity index (χ1n) is 38.9. The zero-order valence-electron chi connectivity index (χ0n) is 64.1. The lowest BCUT2D eigenvalue weighted by Gasteiger charge is -2.23. The molecule has 2 atom stereocenters. The quantitative estimate of drug-likeness (QED) is 0.0403. The Hall–Kier alpha value is -15.2. The maximum absolute atomic E-state index is 11.7. The van der Waals surface area contributed by atoms with E-state index in [-0.39, 0.29) is 17.9 Å². The number of nitrogens with one attached hydrogen (secondary N) is 1. The number of carbonyl (C=O) groups excluding carboxylic acids is 1. The molecule has 0 saturated heterocycles. The molecular weight excluding hydrogens is 1420 g/mol. The van der Waals surface area contributed by atoms with Gasteiger partial charge in [0.15, 0.2) is 5.78 Å². The minimum atomic E-state index is 0.0319. The molecule has 0 fully saturated rings. The number of carbonyl (C=O) groups is 1. The van der Waals surface area contributed by atoms with Crippen LogP contribution in [0.4, 0.5) is 17.1 Å². The molecule has 0 spiro atoms. The lowest BCUT2D eigenvalue weighted by atomic mass is 9.98. The van der Waals surface area contributed by atoms with Crippen molar-refractivity contribution in [1.82, 2.24) is 19.6 Å². The molecule has 0 bridgehead atoms. The van der Waals surface area contributed by atoms with Gasteiger partial charge in [0.05, 0.1) is 69.0 Å². The molecule has 0 saturated carbocycles. The molecular formula is C105H86N10O. The first kappa shape index (κ1) is 76.2. The molecule has 15 aromatic carbocycles. The molecule has 116 heavy (non-hydrogen) atoms. The minimum absolute atomic E-state index is 0.0319. The number of hydrazine groups is 1. The molecule has 0 amide bonds. The van der Waals surface area contributed by atoms with Crippen molar-refractivity contribution in [3.05, 3.63) is 494 Å². The van der Waals surface area contributed by atoms with E-state index >= 15 is 0 Å². The highest BCUT2D eigenvalue weighted by atomic mass is 16.1. The lowest BCUT2D eigenvalue weighted by Crippen LogP contribution is -2.18. The highest BCUT2D eigenvalue weighted by molar-refractivity contribution is 6.07. The summed E-state index contributed by atoms with van der Waals surface area (Å²) < 4.78 is 4.08. The smallest absolute Gasteiger partial charge is 0.185 e. The van der Waals surface area contributed by atoms with Gasteiger partial charge in [-0.05, 0) is 118 Å². The van der Waals surface area contributed by atoms with Gasteiger partial charge in [-0.1, -0.05) is 388 Å². The van der Waals surface area contributed by atoms with Crippen molar-refractivity contribution >= 4 is 40.3 Å². The first-order valence-corrected chi connectivity index (χ1v) is 38.9. The maximum atomic E-state index is 11.7. The number of allylic oxidation sites excluding steroid dienone is 1. The Labute approximate surface area is 678 Å². The standard InChI is InChI=1S/C42H30N4.2C21H18N2.C15H12O.C6H8N2/c1-5-13-33(14-6-1)39-29-41(35-17-9-3-10-18-35)45(43-39)37-25-21-31(22-26-37)32-23-27-38(28-24-32)46-42(36-19-11-4-12-20-36)30-40(44-46)34-15-7-2-8-16-34;2*1-4-10-17(11-5-1)20-16-21(18-12-6-2-7-13-18)23(22-20)19-14-8-3-9-15-19;16-15(14-9-5-2-6-10-14)12-11-13-7-3-1-4-8-13;7-8-6-4-2-1-3-5-6/h1-30H;2*1-15,21H,16H2;1-12H;1-5,8H,7H2/b;;;12-11+;. The average Bonchev–Trinajstić information content (AvgIpc) is 1.65. The van der Waals surface area contributed by atoms with Crippen LogP contribution >= 0.6 is 0 Å². The maximum Gasteiger partial charge on any atom is 0.185 e. The average molecular weight is 1500 g/mol. The Bertz CT molecular complexity index is 5640. The third-order valence-corrected chi connectivity index (χ3v) is 19.9. The van der Waals surface area contributed by atoms with Crippen molar-refractivity contribution in [2.45, 2.75) is 24.9 Å². The predicted molar refractivity (Wildman–Crippen MR) is 480 cm³/mol. The second-order valence-electron chi connectivity index (χ2n) is 27.6. The van der Waals surface area contributed by atoms with Crippen LogP contribution in [0, 0.1) is 0 Å². The van der Waals surface area contributed by atoms with Crippen LogP contribution in [0.3, 0.4) is 0 Å². The van der Waals surface area contributed by atoms with Gasteiger partial charge in [0.25, 0.3) is 0 Å². The molecule has 0 aliphatic carbocycles. The Kier molecular flexibility index (Phi) is 25.4. The summed E-state index contributed by atoms with van der Waals surface area (Å²) in [7, 11) is 0. The molecule has 4 heterocycles. The minimum Gasteiger partial charge on any atom is -0.324 e. The van der Waals surface area contributed by atoms with E-state index in [1.54, 1.807) is 6.08 Å². The number of rotatable bonds is 17. The molecule has 11 nitrogen and oxygen atoms in total. The Morgan fingerprint density at radius 2 is 0.595 bits per heavy atom. The zero-order chi connectivity index (χ0) is 78.7. The number of aromatic nitrogens is 4. The van der Waals surface area contributed by atoms with Crippen LogP contribution in [0.1, 0.15) is 63.1 Å². The van der Waals surface area contributed by atoms with Crippen LogP contribution in [-0.2, 0) is 0 Å². The number of ketones is 1. The van der Waals surface area contributed by atoms with Gasteiger partial charge < -0.3 is 5.43 Å². The number of benzene rings is 15. The molecule has 2 aliphatic rings. The third-order valence-electron chi connectivity index (χ3n) is 19.9. The number of hydrogen-bond acceptors (Lipinski definition) is 9. The van der Waals surface area contributed by atoms with Crippen LogP contribution < -0.4 is 21.3 Å². The van der Waals surface area contributed by atoms with Gasteiger partial charge in [0.2, 0.25) is 0 Å². The van der Waals surface area contributed by atoms with Crippen molar-refractivity contribution < 1.29 is 4.79 Å². The van der Waals surface area contributed by atoms with E-state index in [1.807, 2.05) is 179 Å². The summed E-state index contributed by atoms with van der Waals surface area (Å²) in [4.78, 5) is 11.7. The van der Waals surface area contributed by atoms with E-state index in [4.69, 9.17) is 26.2 Å². The second-order valence-corrected chi connectivity index (χ2v) is 27.6. The summed E-state index contributed by atoms with van der Waals surface area (Å²) in [5, 5.41) is 24.3. The normalized spacial score (nSPS) is 13.2. The summed E-state index contributed by atoms with van der Waals surface area (Å²) in [6, 6.07) is 155. The van der Waals surface area contributed by atoms with Crippen LogP contribution in [-0.4, -0.2) is 36.8 Å². The highest BCUT2D eigenvalue weighted by Crippen LogP contribution is 2.39. The van der Waals surface area contributed by atoms with Crippen molar-refractivity contribution in [2.24, 2.45) is 16.0 Å². The fourth-order valence-electron chi connectivity index (χ4n) is 14.0. The second kappa shape index (κ2) is 38.7. The molecule has 2 unspecified atom stereocenters. The van der Waals surface area contributed by atoms with Crippen LogP contribution in [0.15, 0.2) is 471 Å². The number of hydrogen-bond donors (Lipinski definition) is 2. The van der Waals surface area contributed by atoms with Gasteiger partial charge in [0.1, 0.15) is 0 Å². The summed E-state index contributed by atoms with van der Waals surface area (Å²) in [5.74, 6) is 5.13. The number of nitrogens with two attached hydrogens (primary N) is 1.